The quantitative estimate of drug-likeness (QED) is 0.718. The molecule has 2 rings (SSSR count). The van der Waals surface area contributed by atoms with Gasteiger partial charge in [-0.2, -0.15) is 0 Å². The van der Waals surface area contributed by atoms with E-state index < -0.39 is 6.10 Å². The lowest BCUT2D eigenvalue weighted by Gasteiger charge is -2.30. The van der Waals surface area contributed by atoms with E-state index in [0.717, 1.165) is 11.1 Å². The van der Waals surface area contributed by atoms with Gasteiger partial charge in [-0.15, -0.1) is 0 Å². The fourth-order valence-corrected chi connectivity index (χ4v) is 2.50. The fraction of sp³-hybridized carbons (Fsp3) is 0.429. The zero-order valence-corrected chi connectivity index (χ0v) is 10.7. The minimum absolute atomic E-state index is 0.000370. The molecule has 0 fully saturated rings. The summed E-state index contributed by atoms with van der Waals surface area (Å²) in [5.41, 5.74) is 1.65. The molecule has 0 aromatic heterocycles. The molecule has 3 N–H and O–H groups in total. The molecule has 1 heterocycles. The van der Waals surface area contributed by atoms with Crippen molar-refractivity contribution in [2.45, 2.75) is 32.5 Å². The third kappa shape index (κ3) is 2.48. The number of hydrogen-bond acceptors (Lipinski definition) is 3. The summed E-state index contributed by atoms with van der Waals surface area (Å²) in [6.07, 6.45) is 8.17. The van der Waals surface area contributed by atoms with Crippen LogP contribution in [0.4, 0.5) is 4.39 Å². The summed E-state index contributed by atoms with van der Waals surface area (Å²) in [6.45, 7) is 3.83. The smallest absolute Gasteiger partial charge is 0.126 e. The van der Waals surface area contributed by atoms with Gasteiger partial charge in [-0.25, -0.2) is 4.39 Å². The summed E-state index contributed by atoms with van der Waals surface area (Å²) < 4.78 is 13.5. The maximum atomic E-state index is 13.5. The van der Waals surface area contributed by atoms with Crippen LogP contribution in [0.25, 0.3) is 0 Å². The van der Waals surface area contributed by atoms with Gasteiger partial charge in [0.15, 0.2) is 0 Å². The van der Waals surface area contributed by atoms with Crippen LogP contribution in [0.2, 0.25) is 0 Å². The van der Waals surface area contributed by atoms with E-state index in [0.29, 0.717) is 6.42 Å². The largest absolute Gasteiger partial charge is 0.385 e. The van der Waals surface area contributed by atoms with Crippen molar-refractivity contribution in [1.82, 2.24) is 10.6 Å². The minimum Gasteiger partial charge on any atom is -0.385 e. The van der Waals surface area contributed by atoms with Gasteiger partial charge in [0.1, 0.15) is 18.1 Å². The molecule has 0 aromatic carbocycles. The standard InChI is InChI=1S/C14H19FN2O/c1-3-4-10-8-11(15)7-9(2)12(10)13(18)14-16-5-6-17-14/h3-6,8-9,13-14,16-18H,7H2,1-2H3/b4-3+. The molecule has 0 aromatic rings. The maximum absolute atomic E-state index is 13.5. The van der Waals surface area contributed by atoms with Gasteiger partial charge in [0.2, 0.25) is 0 Å². The molecule has 0 saturated heterocycles. The van der Waals surface area contributed by atoms with Crippen molar-refractivity contribution in [2.75, 3.05) is 0 Å². The SMILES string of the molecule is C/C=C/C1=C(C(O)C2NC=CN2)C(C)CC(F)=C1. The summed E-state index contributed by atoms with van der Waals surface area (Å²) in [7, 11) is 0. The van der Waals surface area contributed by atoms with E-state index in [9.17, 15) is 9.50 Å². The molecular weight excluding hydrogens is 231 g/mol. The molecule has 1 aliphatic heterocycles. The number of aliphatic hydroxyl groups is 1. The van der Waals surface area contributed by atoms with Crippen LogP contribution in [0.5, 0.6) is 0 Å². The van der Waals surface area contributed by atoms with E-state index in [-0.39, 0.29) is 17.9 Å². The number of aliphatic hydroxyl groups excluding tert-OH is 1. The molecule has 0 radical (unpaired) electrons. The number of halogens is 1. The Morgan fingerprint density at radius 1 is 1.44 bits per heavy atom. The van der Waals surface area contributed by atoms with Crippen molar-refractivity contribution in [3.63, 3.8) is 0 Å². The van der Waals surface area contributed by atoms with E-state index in [1.165, 1.54) is 6.08 Å². The van der Waals surface area contributed by atoms with Crippen LogP contribution in [0.3, 0.4) is 0 Å². The third-order valence-corrected chi connectivity index (χ3v) is 3.29. The van der Waals surface area contributed by atoms with Gasteiger partial charge in [0.25, 0.3) is 0 Å². The molecule has 4 heteroatoms. The number of rotatable bonds is 3. The average Bonchev–Trinajstić information content (AvgIpc) is 2.81. The molecule has 2 aliphatic rings. The Morgan fingerprint density at radius 3 is 2.72 bits per heavy atom. The second-order valence-corrected chi connectivity index (χ2v) is 4.70. The van der Waals surface area contributed by atoms with E-state index >= 15 is 0 Å². The van der Waals surface area contributed by atoms with Gasteiger partial charge >= 0.3 is 0 Å². The van der Waals surface area contributed by atoms with Crippen LogP contribution < -0.4 is 10.6 Å². The summed E-state index contributed by atoms with van der Waals surface area (Å²) >= 11 is 0. The van der Waals surface area contributed by atoms with Gasteiger partial charge in [0.05, 0.1) is 0 Å². The first-order valence-electron chi connectivity index (χ1n) is 6.21. The highest BCUT2D eigenvalue weighted by Crippen LogP contribution is 2.33. The van der Waals surface area contributed by atoms with Crippen molar-refractivity contribution < 1.29 is 9.50 Å². The molecule has 98 valence electrons. The van der Waals surface area contributed by atoms with E-state index in [1.807, 2.05) is 26.0 Å². The molecule has 2 atom stereocenters. The van der Waals surface area contributed by atoms with Gasteiger partial charge in [-0.1, -0.05) is 19.1 Å². The van der Waals surface area contributed by atoms with Crippen LogP contribution >= 0.6 is 0 Å². The van der Waals surface area contributed by atoms with Crippen LogP contribution in [0.1, 0.15) is 20.3 Å². The number of allylic oxidation sites excluding steroid dienone is 5. The van der Waals surface area contributed by atoms with Gasteiger partial charge in [-0.3, -0.25) is 0 Å². The van der Waals surface area contributed by atoms with E-state index in [4.69, 9.17) is 0 Å². The third-order valence-electron chi connectivity index (χ3n) is 3.29. The Morgan fingerprint density at radius 2 is 2.11 bits per heavy atom. The molecule has 3 nitrogen and oxygen atoms in total. The number of nitrogens with one attached hydrogen (secondary N) is 2. The lowest BCUT2D eigenvalue weighted by molar-refractivity contribution is 0.150. The molecule has 2 unspecified atom stereocenters. The normalized spacial score (nSPS) is 26.2. The molecule has 1 aliphatic carbocycles. The Hall–Kier alpha value is -1.55. The van der Waals surface area contributed by atoms with Gasteiger partial charge < -0.3 is 15.7 Å². The Bertz CT molecular complexity index is 429. The molecule has 0 bridgehead atoms. The van der Waals surface area contributed by atoms with Crippen molar-refractivity contribution in [2.24, 2.45) is 5.92 Å². The molecule has 18 heavy (non-hydrogen) atoms. The van der Waals surface area contributed by atoms with E-state index in [1.54, 1.807) is 12.4 Å². The predicted molar refractivity (Wildman–Crippen MR) is 70.0 cm³/mol. The Kier molecular flexibility index (Phi) is 3.87. The lowest BCUT2D eigenvalue weighted by atomic mass is 9.83. The van der Waals surface area contributed by atoms with Crippen molar-refractivity contribution in [3.05, 3.63) is 47.6 Å². The molecule has 0 amide bonds. The first kappa shape index (κ1) is 12.9. The summed E-state index contributed by atoms with van der Waals surface area (Å²) in [4.78, 5) is 0. The van der Waals surface area contributed by atoms with Gasteiger partial charge in [-0.05, 0) is 30.1 Å². The van der Waals surface area contributed by atoms with Crippen molar-refractivity contribution in [1.29, 1.82) is 0 Å². The maximum Gasteiger partial charge on any atom is 0.126 e. The highest BCUT2D eigenvalue weighted by atomic mass is 19.1. The van der Waals surface area contributed by atoms with Crippen LogP contribution in [-0.2, 0) is 0 Å². The lowest BCUT2D eigenvalue weighted by Crippen LogP contribution is -2.45. The second-order valence-electron chi connectivity index (χ2n) is 4.70. The zero-order chi connectivity index (χ0) is 13.1. The zero-order valence-electron chi connectivity index (χ0n) is 10.7. The molecule has 0 spiro atoms. The summed E-state index contributed by atoms with van der Waals surface area (Å²) in [5, 5.41) is 16.5. The second kappa shape index (κ2) is 5.40. The molecule has 0 saturated carbocycles. The predicted octanol–water partition coefficient (Wildman–Crippen LogP) is 2.10. The first-order chi connectivity index (χ1) is 8.63. The van der Waals surface area contributed by atoms with Crippen LogP contribution in [0.15, 0.2) is 47.6 Å². The van der Waals surface area contributed by atoms with Crippen molar-refractivity contribution >= 4 is 0 Å². The van der Waals surface area contributed by atoms with Crippen molar-refractivity contribution in [3.8, 4) is 0 Å². The van der Waals surface area contributed by atoms with E-state index in [2.05, 4.69) is 10.6 Å². The average molecular weight is 250 g/mol. The topological polar surface area (TPSA) is 44.3 Å². The van der Waals surface area contributed by atoms with Gasteiger partial charge in [0, 0.05) is 18.8 Å². The highest BCUT2D eigenvalue weighted by Gasteiger charge is 2.30. The summed E-state index contributed by atoms with van der Waals surface area (Å²) in [6, 6.07) is 0. The Balaban J connectivity index is 2.32. The minimum atomic E-state index is -0.675. The highest BCUT2D eigenvalue weighted by molar-refractivity contribution is 5.43. The molecular formula is C14H19FN2O. The van der Waals surface area contributed by atoms with Crippen LogP contribution in [-0.4, -0.2) is 17.4 Å². The Labute approximate surface area is 107 Å². The number of hydrogen-bond donors (Lipinski definition) is 3. The first-order valence-corrected chi connectivity index (χ1v) is 6.21. The fourth-order valence-electron chi connectivity index (χ4n) is 2.50. The summed E-state index contributed by atoms with van der Waals surface area (Å²) in [5.74, 6) is -0.127. The monoisotopic (exact) mass is 250 g/mol. The van der Waals surface area contributed by atoms with Crippen LogP contribution in [0, 0.1) is 5.92 Å².